The van der Waals surface area contributed by atoms with Gasteiger partial charge in [0.25, 0.3) is 0 Å². The molecule has 0 aromatic rings. The Labute approximate surface area is 86.0 Å². The van der Waals surface area contributed by atoms with Crippen molar-refractivity contribution in [2.45, 2.75) is 38.2 Å². The summed E-state index contributed by atoms with van der Waals surface area (Å²) in [7, 11) is 0. The molecule has 0 radical (unpaired) electrons. The predicted molar refractivity (Wildman–Crippen MR) is 57.9 cm³/mol. The van der Waals surface area contributed by atoms with Crippen molar-refractivity contribution in [1.82, 2.24) is 0 Å². The summed E-state index contributed by atoms with van der Waals surface area (Å²) in [4.78, 5) is 0. The quantitative estimate of drug-likeness (QED) is 0.504. The minimum atomic E-state index is -0.152. The summed E-state index contributed by atoms with van der Waals surface area (Å²) in [5.41, 5.74) is 0. The fourth-order valence-corrected chi connectivity index (χ4v) is 1.72. The lowest BCUT2D eigenvalue weighted by Gasteiger charge is -2.11. The minimum Gasteiger partial charge on any atom is -0.396 e. The van der Waals surface area contributed by atoms with Gasteiger partial charge in [-0.25, -0.2) is 0 Å². The fraction of sp³-hybridized carbons (Fsp3) is 0.667. The van der Waals surface area contributed by atoms with E-state index in [4.69, 9.17) is 5.11 Å². The molecule has 0 amide bonds. The molecule has 0 bridgehead atoms. The van der Waals surface area contributed by atoms with E-state index >= 15 is 0 Å². The molecule has 0 heterocycles. The highest BCUT2D eigenvalue weighted by molar-refractivity contribution is 5.02. The van der Waals surface area contributed by atoms with Gasteiger partial charge in [0, 0.05) is 12.5 Å². The van der Waals surface area contributed by atoms with Gasteiger partial charge < -0.3 is 10.2 Å². The maximum atomic E-state index is 9.51. The highest BCUT2D eigenvalue weighted by Crippen LogP contribution is 2.22. The van der Waals surface area contributed by atoms with E-state index in [-0.39, 0.29) is 12.7 Å². The van der Waals surface area contributed by atoms with Crippen LogP contribution in [0.15, 0.2) is 24.3 Å². The largest absolute Gasteiger partial charge is 0.396 e. The minimum absolute atomic E-state index is 0.152. The standard InChI is InChI=1S/C12H20O2/c13-10-5-3-1-2-4-7-11-8-6-9-12(11)14/h1-2,6,8,11-14H,3-5,7,9-10H2/b2-1-/t11-,12-/m1/s1. The Kier molecular flexibility index (Phi) is 5.57. The lowest BCUT2D eigenvalue weighted by Crippen LogP contribution is -2.12. The summed E-state index contributed by atoms with van der Waals surface area (Å²) in [6.07, 6.45) is 13.0. The first kappa shape index (κ1) is 11.5. The second-order valence-corrected chi connectivity index (χ2v) is 3.81. The molecule has 1 aliphatic rings. The van der Waals surface area contributed by atoms with Gasteiger partial charge in [0.1, 0.15) is 0 Å². The van der Waals surface area contributed by atoms with Gasteiger partial charge in [0.2, 0.25) is 0 Å². The van der Waals surface area contributed by atoms with E-state index in [0.717, 1.165) is 32.1 Å². The maximum absolute atomic E-state index is 9.51. The molecule has 2 atom stereocenters. The predicted octanol–water partition coefficient (Wildman–Crippen LogP) is 2.03. The third-order valence-corrected chi connectivity index (χ3v) is 2.62. The van der Waals surface area contributed by atoms with Crippen LogP contribution in [0.3, 0.4) is 0 Å². The molecule has 0 spiro atoms. The first-order valence-corrected chi connectivity index (χ1v) is 5.45. The van der Waals surface area contributed by atoms with Crippen LogP contribution in [0.5, 0.6) is 0 Å². The van der Waals surface area contributed by atoms with Gasteiger partial charge in [-0.1, -0.05) is 24.3 Å². The zero-order valence-electron chi connectivity index (χ0n) is 8.60. The fourth-order valence-electron chi connectivity index (χ4n) is 1.72. The number of hydrogen-bond donors (Lipinski definition) is 2. The Morgan fingerprint density at radius 1 is 1.29 bits per heavy atom. The summed E-state index contributed by atoms with van der Waals surface area (Å²) in [5.74, 6) is 0.359. The number of unbranched alkanes of at least 4 members (excludes halogenated alkanes) is 1. The molecule has 2 heteroatoms. The van der Waals surface area contributed by atoms with Crippen LogP contribution in [0.1, 0.15) is 32.1 Å². The van der Waals surface area contributed by atoms with Crippen LogP contribution in [0.2, 0.25) is 0 Å². The lowest BCUT2D eigenvalue weighted by molar-refractivity contribution is 0.139. The van der Waals surface area contributed by atoms with Crippen molar-refractivity contribution in [3.05, 3.63) is 24.3 Å². The topological polar surface area (TPSA) is 40.5 Å². The number of hydrogen-bond acceptors (Lipinski definition) is 2. The van der Waals surface area contributed by atoms with E-state index in [9.17, 15) is 5.11 Å². The van der Waals surface area contributed by atoms with Crippen LogP contribution in [0.4, 0.5) is 0 Å². The molecule has 0 fully saturated rings. The molecule has 0 aliphatic heterocycles. The van der Waals surface area contributed by atoms with Gasteiger partial charge in [-0.15, -0.1) is 0 Å². The van der Waals surface area contributed by atoms with Crippen molar-refractivity contribution >= 4 is 0 Å². The average molecular weight is 196 g/mol. The molecule has 0 aromatic heterocycles. The number of rotatable bonds is 6. The molecule has 1 rings (SSSR count). The molecule has 0 aromatic carbocycles. The number of aliphatic hydroxyl groups excluding tert-OH is 2. The van der Waals surface area contributed by atoms with Crippen molar-refractivity contribution in [1.29, 1.82) is 0 Å². The van der Waals surface area contributed by atoms with E-state index in [1.165, 1.54) is 0 Å². The number of allylic oxidation sites excluding steroid dienone is 2. The van der Waals surface area contributed by atoms with Crippen LogP contribution in [-0.4, -0.2) is 22.9 Å². The third kappa shape index (κ3) is 4.07. The van der Waals surface area contributed by atoms with Crippen molar-refractivity contribution in [3.8, 4) is 0 Å². The highest BCUT2D eigenvalue weighted by Gasteiger charge is 2.18. The van der Waals surface area contributed by atoms with Gasteiger partial charge >= 0.3 is 0 Å². The van der Waals surface area contributed by atoms with Crippen LogP contribution in [0.25, 0.3) is 0 Å². The van der Waals surface area contributed by atoms with Crippen molar-refractivity contribution < 1.29 is 10.2 Å². The Bertz CT molecular complexity index is 196. The first-order valence-electron chi connectivity index (χ1n) is 5.45. The first-order chi connectivity index (χ1) is 6.84. The number of aliphatic hydroxyl groups is 2. The van der Waals surface area contributed by atoms with Crippen molar-refractivity contribution in [2.75, 3.05) is 6.61 Å². The maximum Gasteiger partial charge on any atom is 0.0637 e. The van der Waals surface area contributed by atoms with Crippen LogP contribution in [-0.2, 0) is 0 Å². The molecule has 2 nitrogen and oxygen atoms in total. The smallest absolute Gasteiger partial charge is 0.0637 e. The van der Waals surface area contributed by atoms with Gasteiger partial charge in [-0.2, -0.15) is 0 Å². The Hall–Kier alpha value is -0.600. The second-order valence-electron chi connectivity index (χ2n) is 3.81. The van der Waals surface area contributed by atoms with Gasteiger partial charge in [0.05, 0.1) is 6.10 Å². The SMILES string of the molecule is OCCC/C=C\CC[C@@H]1C=CC[C@H]1O. The summed E-state index contributed by atoms with van der Waals surface area (Å²) in [6, 6.07) is 0. The van der Waals surface area contributed by atoms with E-state index in [1.54, 1.807) is 0 Å². The van der Waals surface area contributed by atoms with Crippen molar-refractivity contribution in [2.24, 2.45) is 5.92 Å². The second kappa shape index (κ2) is 6.80. The Morgan fingerprint density at radius 3 is 2.71 bits per heavy atom. The Morgan fingerprint density at radius 2 is 2.07 bits per heavy atom. The Balaban J connectivity index is 2.03. The lowest BCUT2D eigenvalue weighted by atomic mass is 10.0. The molecule has 80 valence electrons. The van der Waals surface area contributed by atoms with Crippen LogP contribution in [0, 0.1) is 5.92 Å². The van der Waals surface area contributed by atoms with E-state index < -0.39 is 0 Å². The summed E-state index contributed by atoms with van der Waals surface area (Å²) < 4.78 is 0. The highest BCUT2D eigenvalue weighted by atomic mass is 16.3. The summed E-state index contributed by atoms with van der Waals surface area (Å²) >= 11 is 0. The van der Waals surface area contributed by atoms with Gasteiger partial charge in [-0.05, 0) is 32.1 Å². The van der Waals surface area contributed by atoms with Gasteiger partial charge in [-0.3, -0.25) is 0 Å². The molecular weight excluding hydrogens is 176 g/mol. The third-order valence-electron chi connectivity index (χ3n) is 2.62. The van der Waals surface area contributed by atoms with Crippen LogP contribution >= 0.6 is 0 Å². The van der Waals surface area contributed by atoms with Gasteiger partial charge in [0.15, 0.2) is 0 Å². The van der Waals surface area contributed by atoms with E-state index in [2.05, 4.69) is 24.3 Å². The summed E-state index contributed by atoms with van der Waals surface area (Å²) in [5, 5.41) is 18.1. The zero-order valence-corrected chi connectivity index (χ0v) is 8.60. The molecule has 0 unspecified atom stereocenters. The molecular formula is C12H20O2. The van der Waals surface area contributed by atoms with E-state index in [0.29, 0.717) is 5.92 Å². The molecule has 0 saturated carbocycles. The zero-order chi connectivity index (χ0) is 10.2. The molecule has 0 saturated heterocycles. The molecule has 14 heavy (non-hydrogen) atoms. The molecule has 2 N–H and O–H groups in total. The normalized spacial score (nSPS) is 26.4. The van der Waals surface area contributed by atoms with Crippen LogP contribution < -0.4 is 0 Å². The summed E-state index contributed by atoms with van der Waals surface area (Å²) in [6.45, 7) is 0.272. The average Bonchev–Trinajstić information content (AvgIpc) is 2.58. The molecule has 1 aliphatic carbocycles. The monoisotopic (exact) mass is 196 g/mol. The van der Waals surface area contributed by atoms with E-state index in [1.807, 2.05) is 0 Å². The van der Waals surface area contributed by atoms with Crippen molar-refractivity contribution in [3.63, 3.8) is 0 Å².